The smallest absolute Gasteiger partial charge is 0.0206 e. The van der Waals surface area contributed by atoms with Gasteiger partial charge in [-0.1, -0.05) is 27.7 Å². The second-order valence-electron chi connectivity index (χ2n) is 8.71. The number of hydrogen-bond acceptors (Lipinski definition) is 0. The maximum Gasteiger partial charge on any atom is -0.0206 e. The molecule has 0 radical (unpaired) electrons. The van der Waals surface area contributed by atoms with E-state index in [1.165, 1.54) is 5.92 Å². The van der Waals surface area contributed by atoms with Crippen molar-refractivity contribution in [2.24, 2.45) is 39.9 Å². The molecular formula is C16H26. The van der Waals surface area contributed by atoms with Crippen molar-refractivity contribution < 1.29 is 0 Å². The lowest BCUT2D eigenvalue weighted by molar-refractivity contribution is -0.179. The van der Waals surface area contributed by atoms with Gasteiger partial charge in [0.05, 0.1) is 0 Å². The van der Waals surface area contributed by atoms with E-state index in [2.05, 4.69) is 27.7 Å². The topological polar surface area (TPSA) is 0 Å². The highest BCUT2D eigenvalue weighted by Gasteiger charge is 2.78. The maximum atomic E-state index is 2.56. The molecule has 90 valence electrons. The Morgan fingerprint density at radius 1 is 1.00 bits per heavy atom. The molecule has 3 atom stereocenters. The van der Waals surface area contributed by atoms with Crippen molar-refractivity contribution >= 4 is 0 Å². The van der Waals surface area contributed by atoms with E-state index in [0.717, 1.165) is 28.6 Å². The first-order chi connectivity index (χ1) is 7.38. The first kappa shape index (κ1) is 9.97. The Bertz CT molecular complexity index is 330. The van der Waals surface area contributed by atoms with Crippen LogP contribution in [0.15, 0.2) is 0 Å². The molecule has 4 fully saturated rings. The summed E-state index contributed by atoms with van der Waals surface area (Å²) < 4.78 is 0. The Morgan fingerprint density at radius 3 is 1.94 bits per heavy atom. The summed E-state index contributed by atoms with van der Waals surface area (Å²) in [6.45, 7) is 9.94. The van der Waals surface area contributed by atoms with Crippen molar-refractivity contribution in [1.82, 2.24) is 0 Å². The van der Waals surface area contributed by atoms with Gasteiger partial charge in [0.2, 0.25) is 0 Å². The molecule has 0 saturated heterocycles. The molecule has 0 nitrogen and oxygen atoms in total. The summed E-state index contributed by atoms with van der Waals surface area (Å²) in [6, 6.07) is 0. The monoisotopic (exact) mass is 218 g/mol. The predicted molar refractivity (Wildman–Crippen MR) is 67.0 cm³/mol. The number of hydrogen-bond donors (Lipinski definition) is 0. The van der Waals surface area contributed by atoms with Crippen LogP contribution >= 0.6 is 0 Å². The predicted octanol–water partition coefficient (Wildman–Crippen LogP) is 4.49. The highest BCUT2D eigenvalue weighted by molar-refractivity contribution is 5.27. The van der Waals surface area contributed by atoms with Gasteiger partial charge in [-0.05, 0) is 72.0 Å². The third kappa shape index (κ3) is 0.811. The summed E-state index contributed by atoms with van der Waals surface area (Å²) in [5, 5.41) is 0. The summed E-state index contributed by atoms with van der Waals surface area (Å²) in [6.07, 6.45) is 8.03. The zero-order valence-electron chi connectivity index (χ0n) is 11.3. The molecule has 0 amide bonds. The van der Waals surface area contributed by atoms with Gasteiger partial charge in [-0.2, -0.15) is 0 Å². The number of fused-ring (bicyclic) bond motifs is 1. The molecule has 0 aromatic heterocycles. The van der Waals surface area contributed by atoms with Crippen LogP contribution in [0.2, 0.25) is 0 Å². The van der Waals surface area contributed by atoms with Gasteiger partial charge in [-0.3, -0.25) is 0 Å². The molecule has 2 bridgehead atoms. The lowest BCUT2D eigenvalue weighted by Gasteiger charge is -2.66. The van der Waals surface area contributed by atoms with Crippen LogP contribution in [0.4, 0.5) is 0 Å². The molecular weight excluding hydrogens is 192 g/mol. The summed E-state index contributed by atoms with van der Waals surface area (Å²) in [7, 11) is 0. The molecule has 3 unspecified atom stereocenters. The third-order valence-corrected chi connectivity index (χ3v) is 7.60. The standard InChI is InChI=1S/C16H26/c1-10(14(2,3)4)15-7-12-5-11-6-13(8-15)16(11,12)9-15/h10-13H,5-9H2,1-4H3. The van der Waals surface area contributed by atoms with Gasteiger partial charge in [0.15, 0.2) is 0 Å². The maximum absolute atomic E-state index is 2.56. The summed E-state index contributed by atoms with van der Waals surface area (Å²) >= 11 is 0. The SMILES string of the molecule is CC(C(C)(C)C)C12CC3CC4CC(C1)C43C2. The number of rotatable bonds is 1. The van der Waals surface area contributed by atoms with E-state index in [-0.39, 0.29) is 0 Å². The normalized spacial score (nSPS) is 58.9. The summed E-state index contributed by atoms with van der Waals surface area (Å²) in [5.74, 6) is 4.43. The van der Waals surface area contributed by atoms with E-state index < -0.39 is 0 Å². The molecule has 1 spiro atoms. The van der Waals surface area contributed by atoms with Crippen molar-refractivity contribution in [3.8, 4) is 0 Å². The Morgan fingerprint density at radius 2 is 1.56 bits per heavy atom. The van der Waals surface area contributed by atoms with Crippen molar-refractivity contribution in [1.29, 1.82) is 0 Å². The minimum Gasteiger partial charge on any atom is -0.0615 e. The lowest BCUT2D eigenvalue weighted by Crippen LogP contribution is -2.59. The van der Waals surface area contributed by atoms with Crippen LogP contribution in [0.25, 0.3) is 0 Å². The van der Waals surface area contributed by atoms with Gasteiger partial charge in [0.25, 0.3) is 0 Å². The Labute approximate surface area is 100 Å². The first-order valence-electron chi connectivity index (χ1n) is 7.38. The van der Waals surface area contributed by atoms with Crippen LogP contribution in [0, 0.1) is 39.9 Å². The van der Waals surface area contributed by atoms with E-state index >= 15 is 0 Å². The fraction of sp³-hybridized carbons (Fsp3) is 1.00. The van der Waals surface area contributed by atoms with Crippen molar-refractivity contribution in [2.75, 3.05) is 0 Å². The fourth-order valence-corrected chi connectivity index (χ4v) is 6.56. The van der Waals surface area contributed by atoms with E-state index in [9.17, 15) is 0 Å². The highest BCUT2D eigenvalue weighted by Crippen LogP contribution is 2.86. The van der Waals surface area contributed by atoms with E-state index in [0.29, 0.717) is 5.41 Å². The minimum atomic E-state index is 0.514. The second kappa shape index (κ2) is 2.40. The van der Waals surface area contributed by atoms with Crippen LogP contribution < -0.4 is 0 Å². The van der Waals surface area contributed by atoms with Gasteiger partial charge in [-0.25, -0.2) is 0 Å². The van der Waals surface area contributed by atoms with Gasteiger partial charge < -0.3 is 0 Å². The van der Waals surface area contributed by atoms with Crippen molar-refractivity contribution in [2.45, 2.75) is 59.8 Å². The molecule has 4 aliphatic rings. The Balaban J connectivity index is 1.70. The molecule has 4 aliphatic carbocycles. The van der Waals surface area contributed by atoms with Crippen molar-refractivity contribution in [3.05, 3.63) is 0 Å². The quantitative estimate of drug-likeness (QED) is 0.608. The fourth-order valence-electron chi connectivity index (χ4n) is 6.56. The van der Waals surface area contributed by atoms with Crippen LogP contribution in [0.5, 0.6) is 0 Å². The lowest BCUT2D eigenvalue weighted by atomic mass is 9.38. The van der Waals surface area contributed by atoms with Gasteiger partial charge in [0.1, 0.15) is 0 Å². The van der Waals surface area contributed by atoms with E-state index in [1.807, 2.05) is 0 Å². The molecule has 0 N–H and O–H groups in total. The molecule has 0 heterocycles. The molecule has 16 heavy (non-hydrogen) atoms. The molecule has 4 saturated carbocycles. The molecule has 4 rings (SSSR count). The molecule has 0 heteroatoms. The van der Waals surface area contributed by atoms with E-state index in [4.69, 9.17) is 0 Å². The van der Waals surface area contributed by atoms with Crippen molar-refractivity contribution in [3.63, 3.8) is 0 Å². The third-order valence-electron chi connectivity index (χ3n) is 7.60. The largest absolute Gasteiger partial charge is 0.0615 e. The van der Waals surface area contributed by atoms with Crippen LogP contribution in [0.1, 0.15) is 59.8 Å². The minimum absolute atomic E-state index is 0.514. The molecule has 0 aromatic rings. The summed E-state index contributed by atoms with van der Waals surface area (Å²) in [5.41, 5.74) is 2.19. The van der Waals surface area contributed by atoms with Gasteiger partial charge >= 0.3 is 0 Å². The van der Waals surface area contributed by atoms with E-state index in [1.54, 1.807) is 32.1 Å². The second-order valence-corrected chi connectivity index (χ2v) is 8.71. The average Bonchev–Trinajstić information content (AvgIpc) is 2.60. The Kier molecular flexibility index (Phi) is 1.50. The average molecular weight is 218 g/mol. The zero-order chi connectivity index (χ0) is 11.3. The first-order valence-corrected chi connectivity index (χ1v) is 7.38. The highest BCUT2D eigenvalue weighted by atomic mass is 14.8. The van der Waals surface area contributed by atoms with Gasteiger partial charge in [-0.15, -0.1) is 0 Å². The molecule has 0 aliphatic heterocycles. The van der Waals surface area contributed by atoms with Crippen LogP contribution in [0.3, 0.4) is 0 Å². The Hall–Kier alpha value is 0. The van der Waals surface area contributed by atoms with Gasteiger partial charge in [0, 0.05) is 0 Å². The molecule has 0 aromatic carbocycles. The zero-order valence-corrected chi connectivity index (χ0v) is 11.3. The van der Waals surface area contributed by atoms with Crippen LogP contribution in [-0.2, 0) is 0 Å². The van der Waals surface area contributed by atoms with Crippen LogP contribution in [-0.4, -0.2) is 0 Å². The summed E-state index contributed by atoms with van der Waals surface area (Å²) in [4.78, 5) is 0.